The minimum Gasteiger partial charge on any atom is -0.497 e. The summed E-state index contributed by atoms with van der Waals surface area (Å²) in [6, 6.07) is 12.0. The van der Waals surface area contributed by atoms with Crippen LogP contribution in [0.4, 0.5) is 0 Å². The van der Waals surface area contributed by atoms with E-state index in [2.05, 4.69) is 0 Å². The number of hydrogen-bond acceptors (Lipinski definition) is 6. The molecule has 2 fully saturated rings. The molecule has 0 saturated heterocycles. The van der Waals surface area contributed by atoms with Gasteiger partial charge in [0.2, 0.25) is 0 Å². The van der Waals surface area contributed by atoms with E-state index in [-0.39, 0.29) is 47.5 Å². The Hall–Kier alpha value is -3.68. The Kier molecular flexibility index (Phi) is 6.76. The largest absolute Gasteiger partial charge is 0.497 e. The maximum atomic E-state index is 13.0. The monoisotopic (exact) mass is 490 g/mol. The van der Waals surface area contributed by atoms with E-state index in [1.165, 1.54) is 23.1 Å². The van der Waals surface area contributed by atoms with Gasteiger partial charge in [-0.15, -0.1) is 0 Å². The van der Waals surface area contributed by atoms with Gasteiger partial charge in [-0.1, -0.05) is 31.4 Å². The number of esters is 1. The highest BCUT2D eigenvalue weighted by Crippen LogP contribution is 2.32. The van der Waals surface area contributed by atoms with Crippen LogP contribution in [-0.4, -0.2) is 59.3 Å². The van der Waals surface area contributed by atoms with Crippen LogP contribution in [0.15, 0.2) is 42.5 Å². The van der Waals surface area contributed by atoms with Crippen molar-refractivity contribution in [1.29, 1.82) is 0 Å². The first-order valence-corrected chi connectivity index (χ1v) is 12.6. The zero-order valence-corrected chi connectivity index (χ0v) is 20.4. The van der Waals surface area contributed by atoms with Crippen molar-refractivity contribution in [2.75, 3.05) is 13.7 Å². The Labute approximate surface area is 210 Å². The fourth-order valence-corrected chi connectivity index (χ4v) is 5.09. The summed E-state index contributed by atoms with van der Waals surface area (Å²) in [5.74, 6) is -0.865. The highest BCUT2D eigenvalue weighted by molar-refractivity contribution is 6.22. The van der Waals surface area contributed by atoms with E-state index < -0.39 is 5.97 Å². The molecule has 0 N–H and O–H groups in total. The van der Waals surface area contributed by atoms with Crippen molar-refractivity contribution < 1.29 is 28.7 Å². The Bertz CT molecular complexity index is 1180. The van der Waals surface area contributed by atoms with E-state index in [0.717, 1.165) is 56.3 Å². The average molecular weight is 491 g/mol. The molecule has 2 saturated carbocycles. The Morgan fingerprint density at radius 2 is 1.61 bits per heavy atom. The number of carbonyl (C=O) groups is 4. The molecule has 2 aromatic carbocycles. The molecule has 1 heterocycles. The maximum Gasteiger partial charge on any atom is 0.338 e. The molecule has 5 rings (SSSR count). The van der Waals surface area contributed by atoms with Gasteiger partial charge < -0.3 is 14.4 Å². The topological polar surface area (TPSA) is 93.2 Å². The fourth-order valence-electron chi connectivity index (χ4n) is 5.09. The SMILES string of the molecule is COc1ccc(CN(C(=O)COC(=O)c2ccc3c(c2)C(=O)N(C2CCCCC2)C3=O)C2CC2)cc1. The van der Waals surface area contributed by atoms with Crippen LogP contribution in [0.5, 0.6) is 5.75 Å². The lowest BCUT2D eigenvalue weighted by atomic mass is 9.94. The predicted molar refractivity (Wildman–Crippen MR) is 131 cm³/mol. The Balaban J connectivity index is 1.22. The second-order valence-corrected chi connectivity index (χ2v) is 9.71. The average Bonchev–Trinajstić information content (AvgIpc) is 3.72. The van der Waals surface area contributed by atoms with Gasteiger partial charge in [-0.2, -0.15) is 0 Å². The molecule has 8 nitrogen and oxygen atoms in total. The van der Waals surface area contributed by atoms with Gasteiger partial charge in [0.25, 0.3) is 17.7 Å². The first-order chi connectivity index (χ1) is 17.5. The number of imide groups is 1. The van der Waals surface area contributed by atoms with Gasteiger partial charge in [-0.3, -0.25) is 19.3 Å². The van der Waals surface area contributed by atoms with Gasteiger partial charge in [-0.05, 0) is 61.6 Å². The number of carbonyl (C=O) groups excluding carboxylic acids is 4. The van der Waals surface area contributed by atoms with Gasteiger partial charge in [0.1, 0.15) is 5.75 Å². The van der Waals surface area contributed by atoms with Crippen LogP contribution >= 0.6 is 0 Å². The summed E-state index contributed by atoms with van der Waals surface area (Å²) in [7, 11) is 1.60. The number of fused-ring (bicyclic) bond motifs is 1. The normalized spacial score (nSPS) is 17.6. The van der Waals surface area contributed by atoms with E-state index in [4.69, 9.17) is 9.47 Å². The molecule has 0 aromatic heterocycles. The van der Waals surface area contributed by atoms with Crippen LogP contribution in [0.25, 0.3) is 0 Å². The molecule has 0 spiro atoms. The molecule has 0 atom stereocenters. The summed E-state index contributed by atoms with van der Waals surface area (Å²) >= 11 is 0. The number of methoxy groups -OCH3 is 1. The van der Waals surface area contributed by atoms with Crippen LogP contribution in [0.2, 0.25) is 0 Å². The number of hydrogen-bond donors (Lipinski definition) is 0. The third kappa shape index (κ3) is 4.85. The number of ether oxygens (including phenoxy) is 2. The number of amides is 3. The molecule has 2 aliphatic carbocycles. The smallest absolute Gasteiger partial charge is 0.338 e. The van der Waals surface area contributed by atoms with Gasteiger partial charge in [-0.25, -0.2) is 4.79 Å². The molecule has 3 amide bonds. The first-order valence-electron chi connectivity index (χ1n) is 12.6. The lowest BCUT2D eigenvalue weighted by Gasteiger charge is -2.29. The third-order valence-electron chi connectivity index (χ3n) is 7.24. The van der Waals surface area contributed by atoms with Crippen molar-refractivity contribution in [2.45, 2.75) is 63.6 Å². The van der Waals surface area contributed by atoms with Crippen molar-refractivity contribution in [3.63, 3.8) is 0 Å². The van der Waals surface area contributed by atoms with Crippen molar-refractivity contribution >= 4 is 23.7 Å². The minimum absolute atomic E-state index is 0.0849. The summed E-state index contributed by atoms with van der Waals surface area (Å²) in [5, 5.41) is 0. The molecular formula is C28H30N2O6. The predicted octanol–water partition coefficient (Wildman–Crippen LogP) is 3.97. The van der Waals surface area contributed by atoms with Crippen LogP contribution < -0.4 is 4.74 Å². The zero-order chi connectivity index (χ0) is 25.2. The molecule has 2 aromatic rings. The molecule has 0 bridgehead atoms. The van der Waals surface area contributed by atoms with E-state index in [1.807, 2.05) is 24.3 Å². The highest BCUT2D eigenvalue weighted by atomic mass is 16.5. The van der Waals surface area contributed by atoms with Gasteiger partial charge in [0.05, 0.1) is 23.8 Å². The lowest BCUT2D eigenvalue weighted by molar-refractivity contribution is -0.135. The quantitative estimate of drug-likeness (QED) is 0.411. The van der Waals surface area contributed by atoms with Gasteiger partial charge in [0, 0.05) is 18.6 Å². The Morgan fingerprint density at radius 1 is 0.917 bits per heavy atom. The van der Waals surface area contributed by atoms with Crippen LogP contribution in [0, 0.1) is 0 Å². The molecule has 3 aliphatic rings. The maximum absolute atomic E-state index is 13.0. The third-order valence-corrected chi connectivity index (χ3v) is 7.24. The second kappa shape index (κ2) is 10.1. The summed E-state index contributed by atoms with van der Waals surface area (Å²) in [6.07, 6.45) is 6.60. The summed E-state index contributed by atoms with van der Waals surface area (Å²) in [4.78, 5) is 54.6. The van der Waals surface area contributed by atoms with Crippen molar-refractivity contribution in [3.8, 4) is 5.75 Å². The fraction of sp³-hybridized carbons (Fsp3) is 0.429. The van der Waals surface area contributed by atoms with Gasteiger partial charge in [0.15, 0.2) is 6.61 Å². The summed E-state index contributed by atoms with van der Waals surface area (Å²) < 4.78 is 10.5. The molecule has 0 unspecified atom stereocenters. The molecular weight excluding hydrogens is 460 g/mol. The Morgan fingerprint density at radius 3 is 2.28 bits per heavy atom. The summed E-state index contributed by atoms with van der Waals surface area (Å²) in [5.41, 5.74) is 1.66. The van der Waals surface area contributed by atoms with Crippen molar-refractivity contribution in [2.24, 2.45) is 0 Å². The second-order valence-electron chi connectivity index (χ2n) is 9.71. The number of nitrogens with zero attached hydrogens (tertiary/aromatic N) is 2. The lowest BCUT2D eigenvalue weighted by Crippen LogP contribution is -2.40. The highest BCUT2D eigenvalue weighted by Gasteiger charge is 2.40. The minimum atomic E-state index is -0.692. The van der Waals surface area contributed by atoms with Crippen LogP contribution in [-0.2, 0) is 16.1 Å². The summed E-state index contributed by atoms with van der Waals surface area (Å²) in [6.45, 7) is 0.0428. The molecule has 0 radical (unpaired) electrons. The van der Waals surface area contributed by atoms with E-state index in [1.54, 1.807) is 12.0 Å². The standard InChI is InChI=1S/C28H30N2O6/c1-35-22-12-7-18(8-13-22)16-29(20-10-11-20)25(31)17-36-28(34)19-9-14-23-24(15-19)27(33)30(26(23)32)21-5-3-2-4-6-21/h7-9,12-15,20-21H,2-6,10-11,16-17H2,1H3. The molecule has 36 heavy (non-hydrogen) atoms. The van der Waals surface area contributed by atoms with E-state index in [0.29, 0.717) is 12.1 Å². The number of rotatable bonds is 8. The first kappa shape index (κ1) is 24.0. The molecule has 1 aliphatic heterocycles. The van der Waals surface area contributed by atoms with E-state index in [9.17, 15) is 19.2 Å². The van der Waals surface area contributed by atoms with Crippen LogP contribution in [0.1, 0.15) is 81.6 Å². The van der Waals surface area contributed by atoms with E-state index >= 15 is 0 Å². The number of benzene rings is 2. The van der Waals surface area contributed by atoms with Gasteiger partial charge >= 0.3 is 5.97 Å². The molecule has 8 heteroatoms. The van der Waals surface area contributed by atoms with Crippen LogP contribution in [0.3, 0.4) is 0 Å². The van der Waals surface area contributed by atoms with Crippen molar-refractivity contribution in [1.82, 2.24) is 9.80 Å². The van der Waals surface area contributed by atoms with Crippen molar-refractivity contribution in [3.05, 3.63) is 64.7 Å². The molecule has 188 valence electrons. The zero-order valence-electron chi connectivity index (χ0n) is 20.4.